The Morgan fingerprint density at radius 3 is 2.81 bits per heavy atom. The van der Waals surface area contributed by atoms with Crippen molar-refractivity contribution in [3.63, 3.8) is 0 Å². The van der Waals surface area contributed by atoms with Gasteiger partial charge in [0.1, 0.15) is 5.82 Å². The van der Waals surface area contributed by atoms with Crippen molar-refractivity contribution in [2.45, 2.75) is 19.0 Å². The first-order chi connectivity index (χ1) is 7.15. The lowest BCUT2D eigenvalue weighted by Crippen LogP contribution is -2.26. The largest absolute Gasteiger partial charge is 0.326 e. The minimum absolute atomic E-state index is 0. The molecule has 2 rings (SSSR count). The second-order valence-corrected chi connectivity index (χ2v) is 4.44. The molecule has 0 bridgehead atoms. The van der Waals surface area contributed by atoms with Gasteiger partial charge in [0.15, 0.2) is 0 Å². The molecule has 16 heavy (non-hydrogen) atoms. The fourth-order valence-electron chi connectivity index (χ4n) is 1.90. The maximum absolute atomic E-state index is 13.2. The summed E-state index contributed by atoms with van der Waals surface area (Å²) in [6.07, 6.45) is 1.02. The monoisotopic (exact) mass is 264 g/mol. The number of benzene rings is 1. The third-order valence-corrected chi connectivity index (χ3v) is 3.01. The molecule has 0 saturated carbocycles. The lowest BCUT2D eigenvalue weighted by molar-refractivity contribution is 0.326. The van der Waals surface area contributed by atoms with Gasteiger partial charge in [-0.25, -0.2) is 4.39 Å². The maximum atomic E-state index is 13.2. The average molecular weight is 265 g/mol. The second-order valence-electron chi connectivity index (χ2n) is 4.03. The summed E-state index contributed by atoms with van der Waals surface area (Å²) in [6, 6.07) is 5.21. The molecule has 90 valence electrons. The molecule has 1 aromatic rings. The molecule has 1 aliphatic rings. The Hall–Kier alpha value is -0.350. The minimum atomic E-state index is -0.349. The molecule has 2 N–H and O–H groups in total. The second kappa shape index (κ2) is 5.82. The van der Waals surface area contributed by atoms with Crippen LogP contribution in [0.25, 0.3) is 0 Å². The summed E-state index contributed by atoms with van der Waals surface area (Å²) in [7, 11) is 0. The third-order valence-electron chi connectivity index (χ3n) is 2.70. The highest BCUT2D eigenvalue weighted by molar-refractivity contribution is 6.30. The predicted molar refractivity (Wildman–Crippen MR) is 66.5 cm³/mol. The van der Waals surface area contributed by atoms with Crippen LogP contribution in [0.15, 0.2) is 18.2 Å². The van der Waals surface area contributed by atoms with Gasteiger partial charge in [-0.1, -0.05) is 17.7 Å². The first-order valence-corrected chi connectivity index (χ1v) is 5.45. The first-order valence-electron chi connectivity index (χ1n) is 5.07. The normalized spacial score (nSPS) is 20.8. The first kappa shape index (κ1) is 13.7. The Labute approximate surface area is 106 Å². The van der Waals surface area contributed by atoms with E-state index in [-0.39, 0.29) is 29.3 Å². The van der Waals surface area contributed by atoms with E-state index in [1.54, 1.807) is 6.07 Å². The van der Waals surface area contributed by atoms with E-state index in [2.05, 4.69) is 4.90 Å². The molecule has 0 aliphatic carbocycles. The van der Waals surface area contributed by atoms with Crippen molar-refractivity contribution in [3.05, 3.63) is 34.6 Å². The smallest absolute Gasteiger partial charge is 0.142 e. The van der Waals surface area contributed by atoms with E-state index >= 15 is 0 Å². The van der Waals surface area contributed by atoms with Crippen molar-refractivity contribution < 1.29 is 4.39 Å². The van der Waals surface area contributed by atoms with E-state index in [1.165, 1.54) is 6.07 Å². The van der Waals surface area contributed by atoms with Crippen LogP contribution in [0.5, 0.6) is 0 Å². The minimum Gasteiger partial charge on any atom is -0.326 e. The van der Waals surface area contributed by atoms with Crippen molar-refractivity contribution in [2.75, 3.05) is 13.1 Å². The molecule has 1 aliphatic heterocycles. The molecule has 0 amide bonds. The van der Waals surface area contributed by atoms with Gasteiger partial charge in [0.2, 0.25) is 0 Å². The Morgan fingerprint density at radius 1 is 1.50 bits per heavy atom. The van der Waals surface area contributed by atoms with Gasteiger partial charge in [0.05, 0.1) is 5.02 Å². The summed E-state index contributed by atoms with van der Waals surface area (Å²) in [5.41, 5.74) is 6.75. The molecule has 1 saturated heterocycles. The van der Waals surface area contributed by atoms with Crippen LogP contribution in [0.3, 0.4) is 0 Å². The van der Waals surface area contributed by atoms with E-state index in [1.807, 2.05) is 6.07 Å². The van der Waals surface area contributed by atoms with Gasteiger partial charge in [-0.3, -0.25) is 4.90 Å². The molecule has 0 radical (unpaired) electrons. The zero-order valence-corrected chi connectivity index (χ0v) is 10.4. The summed E-state index contributed by atoms with van der Waals surface area (Å²) >= 11 is 5.61. The fourth-order valence-corrected chi connectivity index (χ4v) is 2.02. The van der Waals surface area contributed by atoms with E-state index in [4.69, 9.17) is 17.3 Å². The number of hydrogen-bond donors (Lipinski definition) is 1. The van der Waals surface area contributed by atoms with Crippen LogP contribution in [0.2, 0.25) is 5.02 Å². The Bertz CT molecular complexity index is 360. The van der Waals surface area contributed by atoms with Gasteiger partial charge in [0, 0.05) is 25.7 Å². The Morgan fingerprint density at radius 2 is 2.25 bits per heavy atom. The number of nitrogens with two attached hydrogens (primary N) is 1. The van der Waals surface area contributed by atoms with E-state index in [0.29, 0.717) is 0 Å². The predicted octanol–water partition coefficient (Wildman–Crippen LogP) is 2.43. The molecule has 0 spiro atoms. The number of likely N-dealkylation sites (tertiary alicyclic amines) is 1. The molecule has 1 atom stereocenters. The maximum Gasteiger partial charge on any atom is 0.142 e. The third kappa shape index (κ3) is 3.32. The molecular formula is C11H15Cl2FN2. The number of hydrogen-bond acceptors (Lipinski definition) is 2. The standard InChI is InChI=1S/C11H14ClFN2.ClH/c12-10-2-1-8(5-11(10)13)6-15-4-3-9(14)7-15;/h1-2,5,9H,3-4,6-7,14H2;1H/t9-;/m0./s1. The number of rotatable bonds is 2. The van der Waals surface area contributed by atoms with Crippen molar-refractivity contribution in [2.24, 2.45) is 5.73 Å². The zero-order chi connectivity index (χ0) is 10.8. The number of halogens is 3. The van der Waals surface area contributed by atoms with Crippen LogP contribution >= 0.6 is 24.0 Å². The highest BCUT2D eigenvalue weighted by atomic mass is 35.5. The Balaban J connectivity index is 0.00000128. The van der Waals surface area contributed by atoms with Gasteiger partial charge >= 0.3 is 0 Å². The molecule has 1 heterocycles. The van der Waals surface area contributed by atoms with Crippen LogP contribution in [0.1, 0.15) is 12.0 Å². The van der Waals surface area contributed by atoms with Gasteiger partial charge in [-0.05, 0) is 24.1 Å². The van der Waals surface area contributed by atoms with Crippen molar-refractivity contribution >= 4 is 24.0 Å². The summed E-state index contributed by atoms with van der Waals surface area (Å²) in [6.45, 7) is 2.64. The van der Waals surface area contributed by atoms with Gasteiger partial charge in [-0.15, -0.1) is 12.4 Å². The SMILES string of the molecule is Cl.N[C@H]1CCN(Cc2ccc(Cl)c(F)c2)C1. The average Bonchev–Trinajstić information content (AvgIpc) is 2.58. The molecule has 5 heteroatoms. The summed E-state index contributed by atoms with van der Waals surface area (Å²) in [5, 5.41) is 0.178. The topological polar surface area (TPSA) is 29.3 Å². The molecular weight excluding hydrogens is 250 g/mol. The summed E-state index contributed by atoms with van der Waals surface area (Å²) in [4.78, 5) is 2.23. The van der Waals surface area contributed by atoms with Crippen LogP contribution in [0.4, 0.5) is 4.39 Å². The lowest BCUT2D eigenvalue weighted by Gasteiger charge is -2.15. The lowest BCUT2D eigenvalue weighted by atomic mass is 10.2. The van der Waals surface area contributed by atoms with E-state index in [0.717, 1.165) is 31.6 Å². The fraction of sp³-hybridized carbons (Fsp3) is 0.455. The summed E-state index contributed by atoms with van der Waals surface area (Å²) in [5.74, 6) is -0.349. The number of nitrogens with zero attached hydrogens (tertiary/aromatic N) is 1. The van der Waals surface area contributed by atoms with E-state index in [9.17, 15) is 4.39 Å². The molecule has 0 unspecified atom stereocenters. The van der Waals surface area contributed by atoms with E-state index < -0.39 is 0 Å². The van der Waals surface area contributed by atoms with Gasteiger partial charge < -0.3 is 5.73 Å². The summed E-state index contributed by atoms with van der Waals surface area (Å²) < 4.78 is 13.2. The molecule has 0 aromatic heterocycles. The van der Waals surface area contributed by atoms with Gasteiger partial charge in [-0.2, -0.15) is 0 Å². The molecule has 1 aromatic carbocycles. The van der Waals surface area contributed by atoms with Crippen molar-refractivity contribution in [1.29, 1.82) is 0 Å². The van der Waals surface area contributed by atoms with Crippen LogP contribution in [-0.4, -0.2) is 24.0 Å². The van der Waals surface area contributed by atoms with Gasteiger partial charge in [0.25, 0.3) is 0 Å². The van der Waals surface area contributed by atoms with Crippen LogP contribution < -0.4 is 5.73 Å². The Kier molecular flexibility index (Phi) is 4.99. The molecule has 2 nitrogen and oxygen atoms in total. The van der Waals surface area contributed by atoms with Crippen molar-refractivity contribution in [1.82, 2.24) is 4.90 Å². The quantitative estimate of drug-likeness (QED) is 0.889. The van der Waals surface area contributed by atoms with Crippen LogP contribution in [-0.2, 0) is 6.54 Å². The van der Waals surface area contributed by atoms with Crippen LogP contribution in [0, 0.1) is 5.82 Å². The highest BCUT2D eigenvalue weighted by Crippen LogP contribution is 2.18. The zero-order valence-electron chi connectivity index (χ0n) is 8.83. The molecule has 1 fully saturated rings. The highest BCUT2D eigenvalue weighted by Gasteiger charge is 2.18. The van der Waals surface area contributed by atoms with Crippen molar-refractivity contribution in [3.8, 4) is 0 Å².